The average molecular weight is 362 g/mol. The summed E-state index contributed by atoms with van der Waals surface area (Å²) in [4.78, 5) is 17.7. The molecule has 1 aromatic heterocycles. The molecule has 0 saturated heterocycles. The molecule has 0 radical (unpaired) electrons. The SMILES string of the molecule is Cn1c(C(C)(C)NC(=O)c2ccc3c(c2)CCNCC3)nc2ccccc21. The van der Waals surface area contributed by atoms with Crippen molar-refractivity contribution in [2.45, 2.75) is 32.2 Å². The smallest absolute Gasteiger partial charge is 0.252 e. The molecule has 1 aliphatic rings. The summed E-state index contributed by atoms with van der Waals surface area (Å²) in [6.07, 6.45) is 1.98. The van der Waals surface area contributed by atoms with Crippen LogP contribution >= 0.6 is 0 Å². The zero-order valence-corrected chi connectivity index (χ0v) is 16.2. The molecule has 3 aromatic rings. The Bertz CT molecular complexity index is 1000. The molecule has 2 heterocycles. The van der Waals surface area contributed by atoms with E-state index in [9.17, 15) is 4.79 Å². The van der Waals surface area contributed by atoms with Crippen LogP contribution in [0.15, 0.2) is 42.5 Å². The normalized spacial score (nSPS) is 14.6. The van der Waals surface area contributed by atoms with Crippen molar-refractivity contribution < 1.29 is 4.79 Å². The summed E-state index contributed by atoms with van der Waals surface area (Å²) >= 11 is 0. The fourth-order valence-corrected chi connectivity index (χ4v) is 3.93. The summed E-state index contributed by atoms with van der Waals surface area (Å²) in [7, 11) is 1.99. The molecule has 0 unspecified atom stereocenters. The van der Waals surface area contributed by atoms with Gasteiger partial charge >= 0.3 is 0 Å². The van der Waals surface area contributed by atoms with E-state index in [-0.39, 0.29) is 5.91 Å². The molecule has 5 heteroatoms. The highest BCUT2D eigenvalue weighted by Crippen LogP contribution is 2.24. The number of nitrogens with one attached hydrogen (secondary N) is 2. The first-order valence-corrected chi connectivity index (χ1v) is 9.53. The van der Waals surface area contributed by atoms with Crippen LogP contribution < -0.4 is 10.6 Å². The number of para-hydroxylation sites is 2. The minimum Gasteiger partial charge on any atom is -0.340 e. The van der Waals surface area contributed by atoms with Crippen molar-refractivity contribution in [1.82, 2.24) is 20.2 Å². The molecule has 0 bridgehead atoms. The molecule has 2 aromatic carbocycles. The third-order valence-electron chi connectivity index (χ3n) is 5.38. The third kappa shape index (κ3) is 3.35. The molecular formula is C22H26N4O. The average Bonchev–Trinajstić information content (AvgIpc) is 2.84. The number of carbonyl (C=O) groups is 1. The molecule has 0 atom stereocenters. The maximum Gasteiger partial charge on any atom is 0.252 e. The van der Waals surface area contributed by atoms with Gasteiger partial charge in [0.1, 0.15) is 5.82 Å². The Balaban J connectivity index is 1.61. The van der Waals surface area contributed by atoms with Crippen molar-refractivity contribution in [1.29, 1.82) is 0 Å². The van der Waals surface area contributed by atoms with E-state index < -0.39 is 5.54 Å². The fraction of sp³-hybridized carbons (Fsp3) is 0.364. The highest BCUT2D eigenvalue weighted by Gasteiger charge is 2.29. The number of nitrogens with zero attached hydrogens (tertiary/aromatic N) is 2. The summed E-state index contributed by atoms with van der Waals surface area (Å²) in [6, 6.07) is 14.1. The van der Waals surface area contributed by atoms with E-state index >= 15 is 0 Å². The molecule has 27 heavy (non-hydrogen) atoms. The van der Waals surface area contributed by atoms with Gasteiger partial charge in [-0.1, -0.05) is 18.2 Å². The maximum atomic E-state index is 13.0. The lowest BCUT2D eigenvalue weighted by Crippen LogP contribution is -2.42. The lowest BCUT2D eigenvalue weighted by atomic mass is 9.98. The standard InChI is InChI=1S/C22H26N4O/c1-22(2,21-24-18-6-4-5-7-19(18)26(21)3)25-20(27)17-9-8-15-10-12-23-13-11-16(15)14-17/h4-9,14,23H,10-13H2,1-3H3,(H,25,27). The topological polar surface area (TPSA) is 59.0 Å². The van der Waals surface area contributed by atoms with Gasteiger partial charge in [0.2, 0.25) is 0 Å². The van der Waals surface area contributed by atoms with E-state index in [0.717, 1.165) is 42.8 Å². The Kier molecular flexibility index (Phi) is 4.48. The van der Waals surface area contributed by atoms with Gasteiger partial charge in [-0.25, -0.2) is 4.98 Å². The Morgan fingerprint density at radius 1 is 1.11 bits per heavy atom. The van der Waals surface area contributed by atoms with Crippen molar-refractivity contribution in [3.05, 3.63) is 65.0 Å². The number of carbonyl (C=O) groups excluding carboxylic acids is 1. The zero-order chi connectivity index (χ0) is 19.0. The van der Waals surface area contributed by atoms with Crippen LogP contribution in [0.5, 0.6) is 0 Å². The molecule has 2 N–H and O–H groups in total. The molecule has 0 aliphatic carbocycles. The van der Waals surface area contributed by atoms with Crippen LogP contribution in [0.4, 0.5) is 0 Å². The largest absolute Gasteiger partial charge is 0.340 e. The van der Waals surface area contributed by atoms with E-state index in [2.05, 4.69) is 21.3 Å². The van der Waals surface area contributed by atoms with Crippen LogP contribution in [0.3, 0.4) is 0 Å². The minimum absolute atomic E-state index is 0.0629. The summed E-state index contributed by atoms with van der Waals surface area (Å²) in [6.45, 7) is 5.96. The Morgan fingerprint density at radius 3 is 2.63 bits per heavy atom. The van der Waals surface area contributed by atoms with Crippen molar-refractivity contribution in [2.75, 3.05) is 13.1 Å². The maximum absolute atomic E-state index is 13.0. The summed E-state index contributed by atoms with van der Waals surface area (Å²) in [5, 5.41) is 6.59. The molecule has 4 rings (SSSR count). The highest BCUT2D eigenvalue weighted by molar-refractivity contribution is 5.95. The van der Waals surface area contributed by atoms with Gasteiger partial charge in [0.15, 0.2) is 0 Å². The summed E-state index contributed by atoms with van der Waals surface area (Å²) in [5.41, 5.74) is 4.74. The van der Waals surface area contributed by atoms with Gasteiger partial charge in [-0.2, -0.15) is 0 Å². The molecule has 140 valence electrons. The van der Waals surface area contributed by atoms with Gasteiger partial charge in [-0.05, 0) is 75.2 Å². The van der Waals surface area contributed by atoms with Gasteiger partial charge in [-0.3, -0.25) is 4.79 Å². The molecular weight excluding hydrogens is 336 g/mol. The number of aromatic nitrogens is 2. The van der Waals surface area contributed by atoms with Crippen molar-refractivity contribution >= 4 is 16.9 Å². The molecule has 5 nitrogen and oxygen atoms in total. The van der Waals surface area contributed by atoms with E-state index in [1.165, 1.54) is 11.1 Å². The molecule has 1 aliphatic heterocycles. The first-order valence-electron chi connectivity index (χ1n) is 9.53. The number of imidazole rings is 1. The molecule has 1 amide bonds. The van der Waals surface area contributed by atoms with Crippen LogP contribution in [-0.4, -0.2) is 28.5 Å². The van der Waals surface area contributed by atoms with Crippen LogP contribution in [0.25, 0.3) is 11.0 Å². The number of benzene rings is 2. The van der Waals surface area contributed by atoms with Crippen molar-refractivity contribution in [3.63, 3.8) is 0 Å². The van der Waals surface area contributed by atoms with E-state index in [1.54, 1.807) is 0 Å². The second-order valence-corrected chi connectivity index (χ2v) is 7.80. The lowest BCUT2D eigenvalue weighted by Gasteiger charge is -2.26. The van der Waals surface area contributed by atoms with Gasteiger partial charge in [0.05, 0.1) is 16.6 Å². The highest BCUT2D eigenvalue weighted by atomic mass is 16.1. The van der Waals surface area contributed by atoms with Gasteiger partial charge < -0.3 is 15.2 Å². The monoisotopic (exact) mass is 362 g/mol. The number of fused-ring (bicyclic) bond motifs is 2. The first-order chi connectivity index (χ1) is 13.0. The predicted octanol–water partition coefficient (Wildman–Crippen LogP) is 2.93. The van der Waals surface area contributed by atoms with E-state index in [0.29, 0.717) is 5.56 Å². The summed E-state index contributed by atoms with van der Waals surface area (Å²) in [5.74, 6) is 0.781. The number of rotatable bonds is 3. The van der Waals surface area contributed by atoms with Crippen LogP contribution in [0, 0.1) is 0 Å². The van der Waals surface area contributed by atoms with Crippen molar-refractivity contribution in [3.8, 4) is 0 Å². The van der Waals surface area contributed by atoms with Gasteiger partial charge in [0, 0.05) is 12.6 Å². The Morgan fingerprint density at radius 2 is 1.85 bits per heavy atom. The number of aryl methyl sites for hydroxylation is 1. The fourth-order valence-electron chi connectivity index (χ4n) is 3.93. The van der Waals surface area contributed by atoms with Gasteiger partial charge in [0.25, 0.3) is 5.91 Å². The quantitative estimate of drug-likeness (QED) is 0.753. The second-order valence-electron chi connectivity index (χ2n) is 7.80. The number of hydrogen-bond acceptors (Lipinski definition) is 3. The second kappa shape index (κ2) is 6.82. The Labute approximate surface area is 159 Å². The van der Waals surface area contributed by atoms with E-state index in [4.69, 9.17) is 4.98 Å². The van der Waals surface area contributed by atoms with Crippen LogP contribution in [-0.2, 0) is 25.4 Å². The molecule has 0 fully saturated rings. The van der Waals surface area contributed by atoms with Gasteiger partial charge in [-0.15, -0.1) is 0 Å². The molecule has 0 spiro atoms. The first kappa shape index (κ1) is 17.7. The predicted molar refractivity (Wildman–Crippen MR) is 108 cm³/mol. The Hall–Kier alpha value is -2.66. The van der Waals surface area contributed by atoms with E-state index in [1.807, 2.05) is 57.3 Å². The third-order valence-corrected chi connectivity index (χ3v) is 5.38. The minimum atomic E-state index is -0.584. The molecule has 0 saturated carbocycles. The number of amides is 1. The van der Waals surface area contributed by atoms with Crippen molar-refractivity contribution in [2.24, 2.45) is 7.05 Å². The summed E-state index contributed by atoms with van der Waals surface area (Å²) < 4.78 is 2.05. The van der Waals surface area contributed by atoms with Crippen LogP contribution in [0.2, 0.25) is 0 Å². The number of hydrogen-bond donors (Lipinski definition) is 2. The van der Waals surface area contributed by atoms with Crippen LogP contribution in [0.1, 0.15) is 41.2 Å². The zero-order valence-electron chi connectivity index (χ0n) is 16.2. The lowest BCUT2D eigenvalue weighted by molar-refractivity contribution is 0.0907.